The molecule has 7 rings (SSSR count). The summed E-state index contributed by atoms with van der Waals surface area (Å²) in [6.45, 7) is 9.74. The topological polar surface area (TPSA) is 239 Å². The molecule has 56 heavy (non-hydrogen) atoms. The zero-order valence-electron chi connectivity index (χ0n) is 33.1. The molecule has 0 radical (unpaired) electrons. The average molecular weight is 795 g/mol. The first-order valence-corrected chi connectivity index (χ1v) is 20.6. The number of hydrogen-bond donors (Lipinski definition) is 7. The van der Waals surface area contributed by atoms with Crippen molar-refractivity contribution in [2.45, 2.75) is 159 Å². The van der Waals surface area contributed by atoms with E-state index in [0.29, 0.717) is 37.6 Å². The quantitative estimate of drug-likeness (QED) is 0.119. The molecule has 15 heteroatoms. The maximum Gasteiger partial charge on any atom is 0.335 e. The van der Waals surface area contributed by atoms with Crippen molar-refractivity contribution in [3.63, 3.8) is 0 Å². The van der Waals surface area contributed by atoms with Gasteiger partial charge >= 0.3 is 5.97 Å². The van der Waals surface area contributed by atoms with Crippen molar-refractivity contribution in [3.05, 3.63) is 11.6 Å². The molecule has 1 spiro atoms. The Morgan fingerprint density at radius 1 is 0.875 bits per heavy atom. The lowest BCUT2D eigenvalue weighted by atomic mass is 9.37. The summed E-state index contributed by atoms with van der Waals surface area (Å²) in [5.74, 6) is 0.475. The Labute approximate surface area is 327 Å². The van der Waals surface area contributed by atoms with Gasteiger partial charge < -0.3 is 59.4 Å². The first kappa shape index (κ1) is 42.2. The molecule has 4 aliphatic carbocycles. The second-order valence-electron chi connectivity index (χ2n) is 18.6. The van der Waals surface area contributed by atoms with Crippen molar-refractivity contribution in [3.8, 4) is 0 Å². The number of aliphatic hydroxyl groups excluding tert-OH is 7. The second kappa shape index (κ2) is 15.3. The summed E-state index contributed by atoms with van der Waals surface area (Å²) in [4.78, 5) is 40.6. The first-order chi connectivity index (χ1) is 26.4. The van der Waals surface area contributed by atoms with E-state index in [9.17, 15) is 50.1 Å². The minimum absolute atomic E-state index is 0.0450. The highest BCUT2D eigenvalue weighted by Crippen LogP contribution is 2.76. The maximum absolute atomic E-state index is 14.6. The predicted molar refractivity (Wildman–Crippen MR) is 194 cm³/mol. The monoisotopic (exact) mass is 794 g/mol. The van der Waals surface area contributed by atoms with Crippen LogP contribution in [0.25, 0.3) is 0 Å². The predicted octanol–water partition coefficient (Wildman–Crippen LogP) is 0.692. The van der Waals surface area contributed by atoms with Gasteiger partial charge in [-0.1, -0.05) is 33.8 Å². The van der Waals surface area contributed by atoms with Gasteiger partial charge in [-0.2, -0.15) is 0 Å². The molecular weight excluding hydrogens is 732 g/mol. The van der Waals surface area contributed by atoms with E-state index in [1.165, 1.54) is 0 Å². The summed E-state index contributed by atoms with van der Waals surface area (Å²) in [7, 11) is 0. The number of hydrogen-bond acceptors (Lipinski definition) is 15. The second-order valence-corrected chi connectivity index (χ2v) is 18.6. The fourth-order valence-corrected chi connectivity index (χ4v) is 12.8. The number of ether oxygens (including phenoxy) is 5. The molecule has 0 amide bonds. The van der Waals surface area contributed by atoms with E-state index < -0.39 is 91.6 Å². The summed E-state index contributed by atoms with van der Waals surface area (Å²) in [6, 6.07) is 0. The minimum atomic E-state index is -1.79. The highest BCUT2D eigenvalue weighted by Gasteiger charge is 2.77. The van der Waals surface area contributed by atoms with Crippen LogP contribution in [0.3, 0.4) is 0 Å². The van der Waals surface area contributed by atoms with Gasteiger partial charge in [-0.05, 0) is 80.5 Å². The molecule has 7 fully saturated rings. The van der Waals surface area contributed by atoms with Gasteiger partial charge in [0, 0.05) is 30.3 Å². The van der Waals surface area contributed by atoms with Gasteiger partial charge in [-0.25, -0.2) is 4.79 Å². The molecule has 0 aromatic carbocycles. The molecule has 3 heterocycles. The van der Waals surface area contributed by atoms with Gasteiger partial charge in [-0.15, -0.1) is 0 Å². The Kier molecular flexibility index (Phi) is 11.5. The maximum atomic E-state index is 14.6. The van der Waals surface area contributed by atoms with Crippen LogP contribution in [0.5, 0.6) is 0 Å². The van der Waals surface area contributed by atoms with E-state index in [0.717, 1.165) is 38.5 Å². The lowest BCUT2D eigenvalue weighted by Gasteiger charge is -2.64. The number of carbonyl (C=O) groups excluding carboxylic acids is 3. The number of allylic oxidation sites excluding steroid dienone is 1. The van der Waals surface area contributed by atoms with E-state index in [2.05, 4.69) is 20.8 Å². The SMILES string of the molecule is CC(=CCCC(C)C1CCC2(C)C3CCC45OCC3(C(=O)CC12C)C4CCC(=O)C5C)C(=O)OC1OC(COC2OC(CO)C(O)C(O)C2O)C(O)C(O)C1O. The molecule has 0 aromatic heterocycles. The third-order valence-electron chi connectivity index (χ3n) is 16.3. The third-order valence-corrected chi connectivity index (χ3v) is 16.3. The van der Waals surface area contributed by atoms with Crippen molar-refractivity contribution in [1.29, 1.82) is 0 Å². The van der Waals surface area contributed by atoms with Gasteiger partial charge in [0.15, 0.2) is 6.29 Å². The average Bonchev–Trinajstić information content (AvgIpc) is 3.57. The largest absolute Gasteiger partial charge is 0.429 e. The van der Waals surface area contributed by atoms with Crippen LogP contribution in [0, 0.1) is 45.8 Å². The Bertz CT molecular complexity index is 1550. The Hall–Kier alpha value is -1.89. The van der Waals surface area contributed by atoms with Crippen LogP contribution in [-0.2, 0) is 38.1 Å². The number of fused-ring (bicyclic) bond motifs is 2. The summed E-state index contributed by atoms with van der Waals surface area (Å²) < 4.78 is 28.4. The van der Waals surface area contributed by atoms with Gasteiger partial charge in [0.2, 0.25) is 6.29 Å². The number of ketones is 2. The molecule has 19 atom stereocenters. The van der Waals surface area contributed by atoms with Crippen LogP contribution in [0.4, 0.5) is 0 Å². The molecule has 4 saturated carbocycles. The summed E-state index contributed by atoms with van der Waals surface area (Å²) in [6.07, 6.45) is -7.46. The highest BCUT2D eigenvalue weighted by molar-refractivity contribution is 5.90. The summed E-state index contributed by atoms with van der Waals surface area (Å²) >= 11 is 0. The smallest absolute Gasteiger partial charge is 0.335 e. The van der Waals surface area contributed by atoms with Crippen LogP contribution in [0.1, 0.15) is 92.4 Å². The molecule has 15 nitrogen and oxygen atoms in total. The van der Waals surface area contributed by atoms with E-state index in [4.69, 9.17) is 23.7 Å². The molecule has 7 aliphatic rings. The molecule has 3 saturated heterocycles. The number of esters is 1. The molecular formula is C41H62O15. The van der Waals surface area contributed by atoms with Crippen LogP contribution >= 0.6 is 0 Å². The van der Waals surface area contributed by atoms with Crippen molar-refractivity contribution < 1.29 is 73.8 Å². The van der Waals surface area contributed by atoms with Gasteiger partial charge in [0.05, 0.1) is 30.8 Å². The molecule has 316 valence electrons. The fraction of sp³-hybridized carbons (Fsp3) is 0.878. The number of carbonyl (C=O) groups is 3. The lowest BCUT2D eigenvalue weighted by Crippen LogP contribution is -2.66. The standard InChI is InChI=1S/C41H62O15/c1-19(22-11-13-38(4)26-12-14-41-21(3)23(43)9-10-27(41)40(26,18-53-41)28(44)15-39(22,38)5)7-6-8-20(2)35(51)56-37-34(50)32(48)30(46)25(55-37)17-52-36-33(49)31(47)29(45)24(16-42)54-36/h8,19,21-22,24-27,29-34,36-37,42,45-50H,6-7,9-18H2,1-5H3. The van der Waals surface area contributed by atoms with Crippen LogP contribution in [-0.4, -0.2) is 140 Å². The van der Waals surface area contributed by atoms with Gasteiger partial charge in [0.25, 0.3) is 0 Å². The van der Waals surface area contributed by atoms with E-state index >= 15 is 0 Å². The van der Waals surface area contributed by atoms with E-state index in [1.807, 2.05) is 6.92 Å². The van der Waals surface area contributed by atoms with Crippen molar-refractivity contribution >= 4 is 17.5 Å². The minimum Gasteiger partial charge on any atom is -0.429 e. The first-order valence-electron chi connectivity index (χ1n) is 20.6. The van der Waals surface area contributed by atoms with Crippen molar-refractivity contribution in [2.24, 2.45) is 45.8 Å². The van der Waals surface area contributed by atoms with Crippen LogP contribution in [0.15, 0.2) is 11.6 Å². The molecule has 2 bridgehead atoms. The number of Topliss-reactive ketones (excluding diaryl/α,β-unsaturated/α-hetero) is 2. The zero-order chi connectivity index (χ0) is 40.7. The van der Waals surface area contributed by atoms with Crippen LogP contribution < -0.4 is 0 Å². The number of rotatable bonds is 10. The number of aliphatic hydroxyl groups is 7. The Balaban J connectivity index is 0.951. The van der Waals surface area contributed by atoms with Crippen LogP contribution in [0.2, 0.25) is 0 Å². The highest BCUT2D eigenvalue weighted by atomic mass is 16.7. The fourth-order valence-electron chi connectivity index (χ4n) is 12.8. The summed E-state index contributed by atoms with van der Waals surface area (Å²) in [5, 5.41) is 71.4. The van der Waals surface area contributed by atoms with Crippen molar-refractivity contribution in [2.75, 3.05) is 19.8 Å². The van der Waals surface area contributed by atoms with Gasteiger partial charge in [0.1, 0.15) is 60.4 Å². The molecule has 3 aliphatic heterocycles. The van der Waals surface area contributed by atoms with Crippen molar-refractivity contribution in [1.82, 2.24) is 0 Å². The normalized spacial score (nSPS) is 50.9. The summed E-state index contributed by atoms with van der Waals surface area (Å²) in [5.41, 5.74) is -0.999. The Morgan fingerprint density at radius 3 is 2.23 bits per heavy atom. The zero-order valence-corrected chi connectivity index (χ0v) is 33.1. The molecule has 19 unspecified atom stereocenters. The van der Waals surface area contributed by atoms with E-state index in [1.54, 1.807) is 13.0 Å². The third kappa shape index (κ3) is 6.29. The Morgan fingerprint density at radius 2 is 1.54 bits per heavy atom. The van der Waals surface area contributed by atoms with Gasteiger partial charge in [-0.3, -0.25) is 9.59 Å². The van der Waals surface area contributed by atoms with E-state index in [-0.39, 0.29) is 45.9 Å². The lowest BCUT2D eigenvalue weighted by molar-refractivity contribution is -0.326. The molecule has 7 N–H and O–H groups in total. The molecule has 0 aromatic rings.